The smallest absolute Gasteiger partial charge is 0.300 e. The molecule has 30 heavy (non-hydrogen) atoms. The van der Waals surface area contributed by atoms with Crippen molar-refractivity contribution in [3.8, 4) is 0 Å². The molecule has 0 unspecified atom stereocenters. The van der Waals surface area contributed by atoms with Crippen LogP contribution in [0.2, 0.25) is 0 Å². The second kappa shape index (κ2) is 9.77. The number of nitrogens with one attached hydrogen (secondary N) is 1. The van der Waals surface area contributed by atoms with Crippen molar-refractivity contribution in [3.63, 3.8) is 0 Å². The molecule has 1 aromatic heterocycles. The molecule has 0 saturated carbocycles. The molecular weight excluding hydrogens is 380 g/mol. The third-order valence-electron chi connectivity index (χ3n) is 6.73. The maximum atomic E-state index is 13.6. The number of carbonyl (C=O) groups excluding carboxylic acids is 1. The fraction of sp³-hybridized carbons (Fsp3) is 0.696. The molecule has 4 heterocycles. The van der Waals surface area contributed by atoms with Gasteiger partial charge in [-0.05, 0) is 64.4 Å². The van der Waals surface area contributed by atoms with Crippen LogP contribution in [0.15, 0.2) is 30.1 Å². The summed E-state index contributed by atoms with van der Waals surface area (Å²) in [5.74, 6) is 0.207. The summed E-state index contributed by atoms with van der Waals surface area (Å²) in [4.78, 5) is 24.8. The Hall–Kier alpha value is -2.15. The molecule has 3 aliphatic heterocycles. The van der Waals surface area contributed by atoms with Crippen LogP contribution in [-0.2, 0) is 16.1 Å². The Kier molecular flexibility index (Phi) is 7.34. The number of likely N-dealkylation sites (tertiary alicyclic amines) is 1. The predicted molar refractivity (Wildman–Crippen MR) is 116 cm³/mol. The monoisotopic (exact) mass is 416 g/mol. The lowest BCUT2D eigenvalue weighted by Gasteiger charge is -2.41. The Morgan fingerprint density at radius 1 is 1.20 bits per heavy atom. The van der Waals surface area contributed by atoms with Gasteiger partial charge in [0.05, 0.1) is 5.41 Å². The molecule has 7 nitrogen and oxygen atoms in total. The molecule has 1 amide bonds. The van der Waals surface area contributed by atoms with Gasteiger partial charge < -0.3 is 15.3 Å². The maximum Gasteiger partial charge on any atom is 0.300 e. The van der Waals surface area contributed by atoms with Gasteiger partial charge in [-0.2, -0.15) is 5.10 Å². The van der Waals surface area contributed by atoms with Crippen molar-refractivity contribution in [2.75, 3.05) is 13.1 Å². The van der Waals surface area contributed by atoms with E-state index in [4.69, 9.17) is 9.90 Å². The van der Waals surface area contributed by atoms with Crippen LogP contribution in [0, 0.1) is 11.3 Å². The topological polar surface area (TPSA) is 87.5 Å². The lowest BCUT2D eigenvalue weighted by Crippen LogP contribution is -2.52. The number of carboxylic acids is 1. The van der Waals surface area contributed by atoms with Crippen molar-refractivity contribution in [3.05, 3.63) is 30.1 Å². The van der Waals surface area contributed by atoms with Gasteiger partial charge in [0.25, 0.3) is 5.97 Å². The second-order valence-corrected chi connectivity index (χ2v) is 9.32. The first-order valence-electron chi connectivity index (χ1n) is 11.2. The molecule has 4 rings (SSSR count). The highest BCUT2D eigenvalue weighted by Gasteiger charge is 2.56. The number of rotatable bonds is 5. The number of aliphatic carboxylic acids is 1. The van der Waals surface area contributed by atoms with E-state index in [1.807, 2.05) is 23.1 Å². The van der Waals surface area contributed by atoms with Crippen molar-refractivity contribution in [2.45, 2.75) is 77.9 Å². The van der Waals surface area contributed by atoms with Gasteiger partial charge in [0, 0.05) is 51.0 Å². The number of nitrogens with zero attached hydrogens (tertiary/aromatic N) is 3. The van der Waals surface area contributed by atoms with Crippen LogP contribution in [0.5, 0.6) is 0 Å². The van der Waals surface area contributed by atoms with E-state index in [1.165, 1.54) is 12.0 Å². The fourth-order valence-electron chi connectivity index (χ4n) is 5.24. The summed E-state index contributed by atoms with van der Waals surface area (Å²) in [6.45, 7) is 8.14. The molecule has 0 radical (unpaired) electrons. The van der Waals surface area contributed by atoms with Gasteiger partial charge in [-0.1, -0.05) is 11.6 Å². The minimum Gasteiger partial charge on any atom is -0.481 e. The summed E-state index contributed by atoms with van der Waals surface area (Å²) in [6, 6.07) is 2.90. The predicted octanol–water partition coefficient (Wildman–Crippen LogP) is 3.08. The highest BCUT2D eigenvalue weighted by atomic mass is 16.4. The minimum absolute atomic E-state index is 0.199. The quantitative estimate of drug-likeness (QED) is 0.721. The van der Waals surface area contributed by atoms with E-state index in [2.05, 4.69) is 35.2 Å². The molecule has 2 N–H and O–H groups in total. The van der Waals surface area contributed by atoms with E-state index < -0.39 is 5.97 Å². The standard InChI is InChI=1S/C21H32N4O.C2H4O2/c1-16(2)6-9-21(14-18-4-5-19(21)23-18)20(26)24-12-7-17(8-13-24)15-25-11-3-10-22-25;1-2(3)4/h3,6,10-11,17-19,23H,4-5,7-9,12-15H2,1-2H3;1H3,(H,3,4)/t18-,19+,21+;/m0./s1. The van der Waals surface area contributed by atoms with Crippen molar-refractivity contribution < 1.29 is 14.7 Å². The van der Waals surface area contributed by atoms with Gasteiger partial charge in [0.1, 0.15) is 0 Å². The minimum atomic E-state index is -0.833. The Labute approximate surface area is 179 Å². The Morgan fingerprint density at radius 3 is 2.40 bits per heavy atom. The first kappa shape index (κ1) is 22.5. The Morgan fingerprint density at radius 2 is 1.90 bits per heavy atom. The molecule has 3 saturated heterocycles. The van der Waals surface area contributed by atoms with Gasteiger partial charge in [0.15, 0.2) is 0 Å². The summed E-state index contributed by atoms with van der Waals surface area (Å²) < 4.78 is 2.03. The molecule has 3 aliphatic rings. The number of carbonyl (C=O) groups is 2. The average Bonchev–Trinajstić information content (AvgIpc) is 3.44. The summed E-state index contributed by atoms with van der Waals surface area (Å²) in [5, 5.41) is 15.5. The van der Waals surface area contributed by atoms with Crippen LogP contribution >= 0.6 is 0 Å². The summed E-state index contributed by atoms with van der Waals surface area (Å²) in [7, 11) is 0. The lowest BCUT2D eigenvalue weighted by molar-refractivity contribution is -0.145. The normalized spacial score (nSPS) is 28.0. The van der Waals surface area contributed by atoms with Gasteiger partial charge >= 0.3 is 0 Å². The van der Waals surface area contributed by atoms with Crippen molar-refractivity contribution >= 4 is 11.9 Å². The number of aromatic nitrogens is 2. The van der Waals surface area contributed by atoms with Gasteiger partial charge in [-0.15, -0.1) is 0 Å². The third kappa shape index (κ3) is 5.31. The average molecular weight is 417 g/mol. The zero-order valence-electron chi connectivity index (χ0n) is 18.5. The zero-order valence-corrected chi connectivity index (χ0v) is 18.5. The van der Waals surface area contributed by atoms with Gasteiger partial charge in [-0.25, -0.2) is 0 Å². The van der Waals surface area contributed by atoms with E-state index >= 15 is 0 Å². The van der Waals surface area contributed by atoms with Gasteiger partial charge in [0.2, 0.25) is 5.91 Å². The molecule has 166 valence electrons. The third-order valence-corrected chi connectivity index (χ3v) is 6.73. The zero-order chi connectivity index (χ0) is 21.7. The van der Waals surface area contributed by atoms with Crippen LogP contribution in [0.1, 0.15) is 59.3 Å². The van der Waals surface area contributed by atoms with E-state index in [9.17, 15) is 4.79 Å². The maximum absolute atomic E-state index is 13.6. The Balaban J connectivity index is 0.000000589. The molecule has 0 aliphatic carbocycles. The Bertz CT molecular complexity index is 745. The number of piperidine rings is 1. The SMILES string of the molecule is CC(=O)O.CC(C)=CC[C@@]1(C(=O)N2CCC(Cn3cccn3)CC2)C[C@@H]2CC[C@H]1N2. The largest absolute Gasteiger partial charge is 0.481 e. The molecule has 1 aromatic rings. The molecule has 3 fully saturated rings. The molecule has 0 aromatic carbocycles. The van der Waals surface area contributed by atoms with Crippen LogP contribution in [0.25, 0.3) is 0 Å². The van der Waals surface area contributed by atoms with Crippen LogP contribution in [0.4, 0.5) is 0 Å². The number of fused-ring (bicyclic) bond motifs is 2. The van der Waals surface area contributed by atoms with Crippen molar-refractivity contribution in [1.29, 1.82) is 0 Å². The van der Waals surface area contributed by atoms with E-state index in [0.29, 0.717) is 23.9 Å². The highest BCUT2D eigenvalue weighted by molar-refractivity contribution is 5.84. The molecule has 2 bridgehead atoms. The number of carboxylic acid groups (broad SMARTS) is 1. The van der Waals surface area contributed by atoms with E-state index in [0.717, 1.165) is 58.7 Å². The second-order valence-electron chi connectivity index (χ2n) is 9.32. The number of hydrogen-bond acceptors (Lipinski definition) is 4. The van der Waals surface area contributed by atoms with Crippen LogP contribution < -0.4 is 5.32 Å². The first-order chi connectivity index (χ1) is 14.3. The van der Waals surface area contributed by atoms with Crippen LogP contribution in [-0.4, -0.2) is 56.8 Å². The summed E-state index contributed by atoms with van der Waals surface area (Å²) in [6.07, 6.45) is 12.6. The molecular formula is C23H36N4O3. The van der Waals surface area contributed by atoms with E-state index in [1.54, 1.807) is 0 Å². The van der Waals surface area contributed by atoms with E-state index in [-0.39, 0.29) is 5.41 Å². The molecule has 3 atom stereocenters. The van der Waals surface area contributed by atoms with Crippen molar-refractivity contribution in [1.82, 2.24) is 20.0 Å². The molecule has 0 spiro atoms. The molecule has 7 heteroatoms. The van der Waals surface area contributed by atoms with Crippen molar-refractivity contribution in [2.24, 2.45) is 11.3 Å². The number of hydrogen-bond donors (Lipinski definition) is 2. The summed E-state index contributed by atoms with van der Waals surface area (Å²) in [5.41, 5.74) is 1.12. The number of allylic oxidation sites excluding steroid dienone is 2. The fourth-order valence-corrected chi connectivity index (χ4v) is 5.24. The van der Waals surface area contributed by atoms with Gasteiger partial charge in [-0.3, -0.25) is 14.3 Å². The van der Waals surface area contributed by atoms with Crippen LogP contribution in [0.3, 0.4) is 0 Å². The highest BCUT2D eigenvalue weighted by Crippen LogP contribution is 2.48. The summed E-state index contributed by atoms with van der Waals surface area (Å²) >= 11 is 0. The number of amides is 1. The first-order valence-corrected chi connectivity index (χ1v) is 11.2. The lowest BCUT2D eigenvalue weighted by atomic mass is 9.70.